The van der Waals surface area contributed by atoms with Crippen molar-refractivity contribution in [1.29, 1.82) is 0 Å². The monoisotopic (exact) mass is 376 g/mol. The van der Waals surface area contributed by atoms with Gasteiger partial charge in [0.25, 0.3) is 5.91 Å². The Balaban J connectivity index is 1.64. The van der Waals surface area contributed by atoms with Crippen molar-refractivity contribution in [2.45, 2.75) is 19.5 Å². The van der Waals surface area contributed by atoms with E-state index in [9.17, 15) is 13.2 Å². The summed E-state index contributed by atoms with van der Waals surface area (Å²) in [5.41, 5.74) is 1.65. The first-order valence-electron chi connectivity index (χ1n) is 8.77. The number of nitrogens with one attached hydrogen (secondary N) is 1. The normalized spacial score (nSPS) is 17.7. The molecule has 0 fully saturated rings. The van der Waals surface area contributed by atoms with Crippen LogP contribution in [0.15, 0.2) is 42.6 Å². The predicted molar refractivity (Wildman–Crippen MR) is 99.6 cm³/mol. The van der Waals surface area contributed by atoms with Crippen LogP contribution in [0.5, 0.6) is 0 Å². The van der Waals surface area contributed by atoms with Crippen LogP contribution in [0, 0.1) is 0 Å². The highest BCUT2D eigenvalue weighted by Crippen LogP contribution is 2.20. The van der Waals surface area contributed by atoms with Gasteiger partial charge in [-0.05, 0) is 18.2 Å². The van der Waals surface area contributed by atoms with E-state index in [2.05, 4.69) is 15.3 Å². The number of benzene rings is 1. The molecule has 1 aliphatic heterocycles. The van der Waals surface area contributed by atoms with Crippen molar-refractivity contribution in [2.24, 2.45) is 0 Å². The highest BCUT2D eigenvalue weighted by molar-refractivity contribution is 7.91. The number of nitrogens with zero attached hydrogens (tertiary/aromatic N) is 3. The maximum Gasteiger partial charge on any atom is 0.251 e. The van der Waals surface area contributed by atoms with Gasteiger partial charge in [0.05, 0.1) is 17.5 Å². The van der Waals surface area contributed by atoms with Crippen molar-refractivity contribution in [2.75, 3.05) is 31.1 Å². The third-order valence-corrected chi connectivity index (χ3v) is 6.33. The molecule has 1 aromatic heterocycles. The molecule has 26 heavy (non-hydrogen) atoms. The Labute approximate surface area is 153 Å². The zero-order chi connectivity index (χ0) is 18.6. The minimum atomic E-state index is -3.00. The van der Waals surface area contributed by atoms with E-state index in [4.69, 9.17) is 0 Å². The fraction of sp³-hybridized carbons (Fsp3) is 0.444. The zero-order valence-electron chi connectivity index (χ0n) is 14.8. The lowest BCUT2D eigenvalue weighted by Crippen LogP contribution is -2.44. The van der Waals surface area contributed by atoms with Gasteiger partial charge in [0.2, 0.25) is 0 Å². The molecule has 0 aliphatic carbocycles. The fourth-order valence-electron chi connectivity index (χ4n) is 3.10. The summed E-state index contributed by atoms with van der Waals surface area (Å²) in [4.78, 5) is 14.4. The fourth-order valence-corrected chi connectivity index (χ4v) is 3.93. The van der Waals surface area contributed by atoms with Gasteiger partial charge in [-0.25, -0.2) is 8.42 Å². The van der Waals surface area contributed by atoms with E-state index < -0.39 is 9.84 Å². The Kier molecular flexibility index (Phi) is 5.73. The zero-order valence-corrected chi connectivity index (χ0v) is 15.7. The Hall–Kier alpha value is -2.19. The van der Waals surface area contributed by atoms with E-state index in [0.29, 0.717) is 31.7 Å². The minimum absolute atomic E-state index is 0.0225. The number of amides is 1. The van der Waals surface area contributed by atoms with Gasteiger partial charge in [-0.15, -0.1) is 0 Å². The van der Waals surface area contributed by atoms with Crippen LogP contribution in [-0.4, -0.2) is 60.1 Å². The van der Waals surface area contributed by atoms with E-state index in [0.717, 1.165) is 5.69 Å². The summed E-state index contributed by atoms with van der Waals surface area (Å²) < 4.78 is 25.5. The molecular formula is C18H24N4O3S. The van der Waals surface area contributed by atoms with Gasteiger partial charge in [-0.3, -0.25) is 14.4 Å². The number of aromatic nitrogens is 2. The average molecular weight is 376 g/mol. The molecular weight excluding hydrogens is 352 g/mol. The van der Waals surface area contributed by atoms with Crippen molar-refractivity contribution in [3.05, 3.63) is 53.9 Å². The van der Waals surface area contributed by atoms with Crippen LogP contribution in [0.1, 0.15) is 29.0 Å². The Morgan fingerprint density at radius 2 is 2.04 bits per heavy atom. The van der Waals surface area contributed by atoms with E-state index in [1.165, 1.54) is 0 Å². The SMILES string of the molecule is CCS(=O)(=O)CCN1Cc2ccnn2C(CNC(=O)c2ccccc2)C1. The summed E-state index contributed by atoms with van der Waals surface area (Å²) in [6.07, 6.45) is 1.74. The second-order valence-electron chi connectivity index (χ2n) is 6.47. The average Bonchev–Trinajstić information content (AvgIpc) is 3.13. The third-order valence-electron chi connectivity index (χ3n) is 4.65. The first-order valence-corrected chi connectivity index (χ1v) is 10.6. The van der Waals surface area contributed by atoms with Crippen molar-refractivity contribution in [3.63, 3.8) is 0 Å². The van der Waals surface area contributed by atoms with Gasteiger partial charge in [-0.1, -0.05) is 25.1 Å². The van der Waals surface area contributed by atoms with Gasteiger partial charge in [-0.2, -0.15) is 5.10 Å². The number of carbonyl (C=O) groups is 1. The van der Waals surface area contributed by atoms with E-state index >= 15 is 0 Å². The Bertz CT molecular complexity index is 848. The molecule has 2 heterocycles. The summed E-state index contributed by atoms with van der Waals surface area (Å²) in [5, 5.41) is 7.33. The second kappa shape index (κ2) is 8.01. The molecule has 1 atom stereocenters. The smallest absolute Gasteiger partial charge is 0.251 e. The molecule has 140 valence electrons. The molecule has 1 aromatic carbocycles. The molecule has 1 amide bonds. The predicted octanol–water partition coefficient (Wildman–Crippen LogP) is 1.10. The maximum absolute atomic E-state index is 12.3. The quantitative estimate of drug-likeness (QED) is 0.782. The van der Waals surface area contributed by atoms with Crippen molar-refractivity contribution in [3.8, 4) is 0 Å². The number of hydrogen-bond acceptors (Lipinski definition) is 5. The number of rotatable bonds is 7. The Morgan fingerprint density at radius 1 is 1.27 bits per heavy atom. The van der Waals surface area contributed by atoms with Gasteiger partial charge in [0.1, 0.15) is 0 Å². The van der Waals surface area contributed by atoms with E-state index in [1.807, 2.05) is 28.9 Å². The van der Waals surface area contributed by atoms with E-state index in [1.54, 1.807) is 25.3 Å². The molecule has 0 saturated carbocycles. The first kappa shape index (κ1) is 18.6. The highest BCUT2D eigenvalue weighted by Gasteiger charge is 2.26. The van der Waals surface area contributed by atoms with Crippen molar-refractivity contribution >= 4 is 15.7 Å². The molecule has 1 N–H and O–H groups in total. The molecule has 1 unspecified atom stereocenters. The summed E-state index contributed by atoms with van der Waals surface area (Å²) in [6, 6.07) is 11.0. The number of sulfone groups is 1. The maximum atomic E-state index is 12.3. The highest BCUT2D eigenvalue weighted by atomic mass is 32.2. The lowest BCUT2D eigenvalue weighted by atomic mass is 10.1. The van der Waals surface area contributed by atoms with Crippen LogP contribution < -0.4 is 5.32 Å². The lowest BCUT2D eigenvalue weighted by Gasteiger charge is -2.33. The van der Waals surface area contributed by atoms with Gasteiger partial charge in [0.15, 0.2) is 9.84 Å². The number of hydrogen-bond donors (Lipinski definition) is 1. The van der Waals surface area contributed by atoms with Crippen LogP contribution in [0.25, 0.3) is 0 Å². The summed E-state index contributed by atoms with van der Waals surface area (Å²) in [6.45, 7) is 3.93. The molecule has 3 rings (SSSR count). The van der Waals surface area contributed by atoms with E-state index in [-0.39, 0.29) is 23.5 Å². The van der Waals surface area contributed by atoms with Crippen LogP contribution in [-0.2, 0) is 16.4 Å². The molecule has 0 saturated heterocycles. The van der Waals surface area contributed by atoms with Crippen LogP contribution >= 0.6 is 0 Å². The molecule has 1 aliphatic rings. The minimum Gasteiger partial charge on any atom is -0.350 e. The van der Waals surface area contributed by atoms with Crippen LogP contribution in [0.4, 0.5) is 0 Å². The molecule has 0 radical (unpaired) electrons. The third kappa shape index (κ3) is 4.50. The molecule has 7 nitrogen and oxygen atoms in total. The lowest BCUT2D eigenvalue weighted by molar-refractivity contribution is 0.0935. The number of fused-ring (bicyclic) bond motifs is 1. The largest absolute Gasteiger partial charge is 0.350 e. The number of carbonyl (C=O) groups excluding carboxylic acids is 1. The van der Waals surface area contributed by atoms with Crippen LogP contribution in [0.3, 0.4) is 0 Å². The molecule has 2 aromatic rings. The van der Waals surface area contributed by atoms with Gasteiger partial charge < -0.3 is 5.32 Å². The van der Waals surface area contributed by atoms with Crippen LogP contribution in [0.2, 0.25) is 0 Å². The summed E-state index contributed by atoms with van der Waals surface area (Å²) >= 11 is 0. The first-order chi connectivity index (χ1) is 12.5. The van der Waals surface area contributed by atoms with Gasteiger partial charge in [0, 0.05) is 43.7 Å². The second-order valence-corrected chi connectivity index (χ2v) is 8.94. The van der Waals surface area contributed by atoms with Crippen molar-refractivity contribution < 1.29 is 13.2 Å². The van der Waals surface area contributed by atoms with Gasteiger partial charge >= 0.3 is 0 Å². The Morgan fingerprint density at radius 3 is 2.77 bits per heavy atom. The standard InChI is InChI=1S/C18H24N4O3S/c1-2-26(24,25)11-10-21-13-16-8-9-20-22(16)17(14-21)12-19-18(23)15-6-4-3-5-7-15/h3-9,17H,2,10-14H2,1H3,(H,19,23). The summed E-state index contributed by atoms with van der Waals surface area (Å²) in [5.74, 6) is 0.195. The molecule has 0 bridgehead atoms. The molecule has 0 spiro atoms. The molecule has 8 heteroatoms. The summed E-state index contributed by atoms with van der Waals surface area (Å²) in [7, 11) is -3.00. The van der Waals surface area contributed by atoms with Crippen molar-refractivity contribution in [1.82, 2.24) is 20.0 Å². The topological polar surface area (TPSA) is 84.3 Å².